The van der Waals surface area contributed by atoms with E-state index in [1.54, 1.807) is 0 Å². The Labute approximate surface area is 151 Å². The topological polar surface area (TPSA) is 35.6 Å². The first-order valence-corrected chi connectivity index (χ1v) is 10.0. The van der Waals surface area contributed by atoms with Crippen LogP contribution in [0.15, 0.2) is 30.3 Å². The van der Waals surface area contributed by atoms with Gasteiger partial charge in [-0.05, 0) is 56.1 Å². The van der Waals surface area contributed by atoms with Gasteiger partial charge in [0.25, 0.3) is 0 Å². The second-order valence-corrected chi connectivity index (χ2v) is 8.29. The van der Waals surface area contributed by atoms with Crippen molar-refractivity contribution in [3.05, 3.63) is 30.3 Å². The molecule has 1 heterocycles. The van der Waals surface area contributed by atoms with Crippen molar-refractivity contribution in [2.24, 2.45) is 17.8 Å². The fraction of sp³-hybridized carbons (Fsp3) is 0.667. The van der Waals surface area contributed by atoms with Crippen LogP contribution in [0.4, 0.5) is 5.69 Å². The molecular formula is C21H31N3O. The Kier molecular flexibility index (Phi) is 4.98. The van der Waals surface area contributed by atoms with Crippen LogP contribution >= 0.6 is 0 Å². The summed E-state index contributed by atoms with van der Waals surface area (Å²) >= 11 is 0. The molecule has 0 radical (unpaired) electrons. The van der Waals surface area contributed by atoms with E-state index >= 15 is 0 Å². The zero-order chi connectivity index (χ0) is 17.2. The lowest BCUT2D eigenvalue weighted by molar-refractivity contribution is -0.123. The van der Waals surface area contributed by atoms with Crippen LogP contribution in [0.1, 0.15) is 32.6 Å². The predicted octanol–water partition coefficient (Wildman–Crippen LogP) is 2.75. The zero-order valence-electron chi connectivity index (χ0n) is 15.4. The summed E-state index contributed by atoms with van der Waals surface area (Å²) in [5.74, 6) is 2.75. The molecule has 0 spiro atoms. The van der Waals surface area contributed by atoms with Gasteiger partial charge in [0, 0.05) is 37.9 Å². The van der Waals surface area contributed by atoms with Crippen molar-refractivity contribution in [2.45, 2.75) is 38.6 Å². The van der Waals surface area contributed by atoms with Gasteiger partial charge in [0.1, 0.15) is 0 Å². The molecule has 0 aromatic heterocycles. The average molecular weight is 341 g/mol. The molecule has 2 saturated carbocycles. The summed E-state index contributed by atoms with van der Waals surface area (Å²) in [7, 11) is 0. The Morgan fingerprint density at radius 3 is 2.52 bits per heavy atom. The lowest BCUT2D eigenvalue weighted by Crippen LogP contribution is -2.51. The highest BCUT2D eigenvalue weighted by Crippen LogP contribution is 2.49. The number of hydrogen-bond acceptors (Lipinski definition) is 3. The Hall–Kier alpha value is -1.55. The summed E-state index contributed by atoms with van der Waals surface area (Å²) in [6, 6.07) is 10.9. The van der Waals surface area contributed by atoms with Gasteiger partial charge in [-0.1, -0.05) is 24.6 Å². The highest BCUT2D eigenvalue weighted by molar-refractivity contribution is 5.78. The molecule has 1 saturated heterocycles. The number of carbonyl (C=O) groups is 1. The molecule has 4 atom stereocenters. The van der Waals surface area contributed by atoms with E-state index in [2.05, 4.69) is 52.4 Å². The maximum atomic E-state index is 12.5. The Bertz CT molecular complexity index is 582. The van der Waals surface area contributed by atoms with Crippen LogP contribution in [0.3, 0.4) is 0 Å². The average Bonchev–Trinajstić information content (AvgIpc) is 3.26. The summed E-state index contributed by atoms with van der Waals surface area (Å²) < 4.78 is 0. The minimum atomic E-state index is 0.212. The normalized spacial score (nSPS) is 30.4. The lowest BCUT2D eigenvalue weighted by atomic mass is 9.84. The van der Waals surface area contributed by atoms with Crippen molar-refractivity contribution in [2.75, 3.05) is 37.6 Å². The van der Waals surface area contributed by atoms with Gasteiger partial charge < -0.3 is 10.2 Å². The van der Waals surface area contributed by atoms with E-state index < -0.39 is 0 Å². The van der Waals surface area contributed by atoms with Crippen molar-refractivity contribution < 1.29 is 4.79 Å². The lowest BCUT2D eigenvalue weighted by Gasteiger charge is -2.36. The molecule has 4 rings (SSSR count). The third-order valence-electron chi connectivity index (χ3n) is 6.68. The molecule has 1 N–H and O–H groups in total. The number of amides is 1. The summed E-state index contributed by atoms with van der Waals surface area (Å²) in [4.78, 5) is 17.2. The summed E-state index contributed by atoms with van der Waals surface area (Å²) in [6.07, 6.45) is 5.55. The van der Waals surface area contributed by atoms with Crippen molar-refractivity contribution in [3.63, 3.8) is 0 Å². The number of nitrogens with zero attached hydrogens (tertiary/aromatic N) is 2. The molecule has 1 aromatic carbocycles. The Morgan fingerprint density at radius 2 is 1.88 bits per heavy atom. The quantitative estimate of drug-likeness (QED) is 0.894. The second-order valence-electron chi connectivity index (χ2n) is 8.29. The molecule has 3 aliphatic rings. The van der Waals surface area contributed by atoms with Crippen LogP contribution in [0.2, 0.25) is 0 Å². The minimum Gasteiger partial charge on any atom is -0.369 e. The Balaban J connectivity index is 1.21. The number of rotatable bonds is 5. The molecule has 1 aliphatic heterocycles. The first-order valence-electron chi connectivity index (χ1n) is 10.0. The molecule has 1 amide bonds. The molecule has 0 unspecified atom stereocenters. The standard InChI is InChI=1S/C21H31N3O/c1-16(20-14-17-7-8-18(20)13-17)22-21(25)15-23-9-11-24(12-10-23)19-5-3-2-4-6-19/h2-6,16-18,20H,7-15H2,1H3,(H,22,25)/t16-,17-,18-,20+/m0/s1. The molecule has 4 heteroatoms. The third-order valence-corrected chi connectivity index (χ3v) is 6.68. The Morgan fingerprint density at radius 1 is 1.12 bits per heavy atom. The molecule has 3 fully saturated rings. The number of anilines is 1. The first-order chi connectivity index (χ1) is 12.2. The van der Waals surface area contributed by atoms with Crippen LogP contribution in [-0.4, -0.2) is 49.6 Å². The molecule has 136 valence electrons. The number of hydrogen-bond donors (Lipinski definition) is 1. The van der Waals surface area contributed by atoms with Gasteiger partial charge in [-0.15, -0.1) is 0 Å². The van der Waals surface area contributed by atoms with Gasteiger partial charge in [-0.3, -0.25) is 9.69 Å². The van der Waals surface area contributed by atoms with E-state index in [1.165, 1.54) is 31.4 Å². The van der Waals surface area contributed by atoms with Gasteiger partial charge >= 0.3 is 0 Å². The van der Waals surface area contributed by atoms with Crippen molar-refractivity contribution in [1.29, 1.82) is 0 Å². The second kappa shape index (κ2) is 7.36. The van der Waals surface area contributed by atoms with Crippen LogP contribution in [0.5, 0.6) is 0 Å². The van der Waals surface area contributed by atoms with Crippen molar-refractivity contribution in [3.8, 4) is 0 Å². The number of para-hydroxylation sites is 1. The summed E-state index contributed by atoms with van der Waals surface area (Å²) in [5, 5.41) is 3.30. The first kappa shape index (κ1) is 16.9. The summed E-state index contributed by atoms with van der Waals surface area (Å²) in [5.41, 5.74) is 1.29. The van der Waals surface area contributed by atoms with Gasteiger partial charge in [0.2, 0.25) is 5.91 Å². The molecule has 2 bridgehead atoms. The van der Waals surface area contributed by atoms with E-state index in [9.17, 15) is 4.79 Å². The third kappa shape index (κ3) is 3.84. The van der Waals surface area contributed by atoms with Gasteiger partial charge in [-0.25, -0.2) is 0 Å². The van der Waals surface area contributed by atoms with E-state index in [4.69, 9.17) is 0 Å². The van der Waals surface area contributed by atoms with E-state index in [-0.39, 0.29) is 5.91 Å². The van der Waals surface area contributed by atoms with Crippen molar-refractivity contribution >= 4 is 11.6 Å². The van der Waals surface area contributed by atoms with E-state index in [1.807, 2.05) is 0 Å². The van der Waals surface area contributed by atoms with Crippen LogP contribution in [0.25, 0.3) is 0 Å². The number of nitrogens with one attached hydrogen (secondary N) is 1. The van der Waals surface area contributed by atoms with Crippen LogP contribution in [-0.2, 0) is 4.79 Å². The van der Waals surface area contributed by atoms with Gasteiger partial charge in [-0.2, -0.15) is 0 Å². The highest BCUT2D eigenvalue weighted by atomic mass is 16.2. The molecule has 25 heavy (non-hydrogen) atoms. The SMILES string of the molecule is C[C@H](NC(=O)CN1CCN(c2ccccc2)CC1)[C@H]1C[C@H]2CC[C@H]1C2. The molecule has 1 aromatic rings. The van der Waals surface area contributed by atoms with Crippen LogP contribution in [0, 0.1) is 17.8 Å². The van der Waals surface area contributed by atoms with Gasteiger partial charge in [0.05, 0.1) is 6.54 Å². The van der Waals surface area contributed by atoms with Gasteiger partial charge in [0.15, 0.2) is 0 Å². The number of piperazine rings is 1. The van der Waals surface area contributed by atoms with E-state index in [0.29, 0.717) is 12.6 Å². The number of carbonyl (C=O) groups excluding carboxylic acids is 1. The number of fused-ring (bicyclic) bond motifs is 2. The minimum absolute atomic E-state index is 0.212. The van der Waals surface area contributed by atoms with Crippen LogP contribution < -0.4 is 10.2 Å². The largest absolute Gasteiger partial charge is 0.369 e. The summed E-state index contributed by atoms with van der Waals surface area (Å²) in [6.45, 7) is 6.69. The number of benzene rings is 1. The molecular weight excluding hydrogens is 310 g/mol. The van der Waals surface area contributed by atoms with E-state index in [0.717, 1.165) is 43.9 Å². The maximum absolute atomic E-state index is 12.5. The maximum Gasteiger partial charge on any atom is 0.234 e. The fourth-order valence-electron chi connectivity index (χ4n) is 5.32. The monoisotopic (exact) mass is 341 g/mol. The molecule has 4 nitrogen and oxygen atoms in total. The smallest absolute Gasteiger partial charge is 0.234 e. The predicted molar refractivity (Wildman–Crippen MR) is 102 cm³/mol. The zero-order valence-corrected chi connectivity index (χ0v) is 15.4. The fourth-order valence-corrected chi connectivity index (χ4v) is 5.32. The molecule has 2 aliphatic carbocycles. The highest BCUT2D eigenvalue weighted by Gasteiger charge is 2.42. The van der Waals surface area contributed by atoms with Crippen molar-refractivity contribution in [1.82, 2.24) is 10.2 Å².